The lowest BCUT2D eigenvalue weighted by molar-refractivity contribution is 0.446. The van der Waals surface area contributed by atoms with Crippen molar-refractivity contribution < 1.29 is 12.5 Å². The standard InChI is InChI=1S/C20H19O3PS2/c1-16-8-12-19(13-9-16)25-22-24(21,18-6-4-3-5-7-18)23-26-20-14-10-17(2)11-15-20/h3-15H,1-2H3. The summed E-state index contributed by atoms with van der Waals surface area (Å²) in [6.07, 6.45) is 0. The van der Waals surface area contributed by atoms with Crippen molar-refractivity contribution in [2.24, 2.45) is 0 Å². The highest BCUT2D eigenvalue weighted by atomic mass is 32.2. The van der Waals surface area contributed by atoms with Gasteiger partial charge in [-0.15, -0.1) is 0 Å². The van der Waals surface area contributed by atoms with E-state index in [4.69, 9.17) is 7.94 Å². The summed E-state index contributed by atoms with van der Waals surface area (Å²) < 4.78 is 24.8. The predicted octanol–water partition coefficient (Wildman–Crippen LogP) is 6.57. The first-order valence-electron chi connectivity index (χ1n) is 8.07. The fraction of sp³-hybridized carbons (Fsp3) is 0.100. The number of hydrogen-bond donors (Lipinski definition) is 0. The van der Waals surface area contributed by atoms with Crippen LogP contribution in [0.1, 0.15) is 11.1 Å². The molecule has 0 aliphatic carbocycles. The van der Waals surface area contributed by atoms with Crippen LogP contribution in [0.25, 0.3) is 0 Å². The summed E-state index contributed by atoms with van der Waals surface area (Å²) in [6.45, 7) is 4.04. The summed E-state index contributed by atoms with van der Waals surface area (Å²) in [4.78, 5) is 1.74. The normalized spacial score (nSPS) is 11.5. The minimum absolute atomic E-state index is 0.527. The smallest absolute Gasteiger partial charge is 0.252 e. The highest BCUT2D eigenvalue weighted by Crippen LogP contribution is 2.55. The quantitative estimate of drug-likeness (QED) is 0.330. The molecule has 0 N–H and O–H groups in total. The van der Waals surface area contributed by atoms with Crippen molar-refractivity contribution in [3.63, 3.8) is 0 Å². The van der Waals surface area contributed by atoms with E-state index >= 15 is 0 Å². The van der Waals surface area contributed by atoms with Crippen LogP contribution < -0.4 is 5.30 Å². The van der Waals surface area contributed by atoms with Gasteiger partial charge in [0, 0.05) is 33.9 Å². The van der Waals surface area contributed by atoms with E-state index in [2.05, 4.69) is 0 Å². The fourth-order valence-electron chi connectivity index (χ4n) is 2.08. The molecular formula is C20H19O3PS2. The maximum Gasteiger partial charge on any atom is 0.384 e. The third kappa shape index (κ3) is 5.26. The van der Waals surface area contributed by atoms with Crippen LogP contribution in [-0.2, 0) is 12.5 Å². The number of hydrogen-bond acceptors (Lipinski definition) is 5. The van der Waals surface area contributed by atoms with Crippen LogP contribution >= 0.6 is 31.7 Å². The van der Waals surface area contributed by atoms with Crippen molar-refractivity contribution in [3.05, 3.63) is 90.0 Å². The average Bonchev–Trinajstić information content (AvgIpc) is 2.68. The molecule has 0 aromatic heterocycles. The molecule has 0 aliphatic heterocycles. The fourth-order valence-corrected chi connectivity index (χ4v) is 5.60. The van der Waals surface area contributed by atoms with Crippen LogP contribution in [0.4, 0.5) is 0 Å². The van der Waals surface area contributed by atoms with Gasteiger partial charge in [-0.1, -0.05) is 53.6 Å². The molecule has 3 aromatic carbocycles. The molecule has 3 nitrogen and oxygen atoms in total. The molecule has 3 aromatic rings. The molecule has 0 heterocycles. The van der Waals surface area contributed by atoms with E-state index in [0.29, 0.717) is 5.30 Å². The van der Waals surface area contributed by atoms with E-state index < -0.39 is 7.60 Å². The highest BCUT2D eigenvalue weighted by Gasteiger charge is 2.30. The van der Waals surface area contributed by atoms with Gasteiger partial charge in [-0.25, -0.2) is 7.94 Å². The second-order valence-electron chi connectivity index (χ2n) is 5.77. The third-order valence-electron chi connectivity index (χ3n) is 3.58. The molecule has 0 amide bonds. The first kappa shape index (κ1) is 19.3. The Labute approximate surface area is 163 Å². The zero-order valence-electron chi connectivity index (χ0n) is 14.5. The molecular weight excluding hydrogens is 383 g/mol. The molecule has 3 rings (SSSR count). The third-order valence-corrected chi connectivity index (χ3v) is 7.60. The lowest BCUT2D eigenvalue weighted by Gasteiger charge is -2.16. The Bertz CT molecular complexity index is 828. The number of benzene rings is 3. The van der Waals surface area contributed by atoms with E-state index in [0.717, 1.165) is 45.0 Å². The van der Waals surface area contributed by atoms with E-state index in [1.165, 1.54) is 0 Å². The SMILES string of the molecule is Cc1ccc(SOP(=O)(OSc2ccc(C)cc2)c2ccccc2)cc1. The van der Waals surface area contributed by atoms with Crippen LogP contribution in [0.5, 0.6) is 0 Å². The van der Waals surface area contributed by atoms with Gasteiger partial charge >= 0.3 is 7.60 Å². The van der Waals surface area contributed by atoms with Crippen molar-refractivity contribution in [3.8, 4) is 0 Å². The zero-order valence-corrected chi connectivity index (χ0v) is 17.0. The molecule has 0 spiro atoms. The van der Waals surface area contributed by atoms with E-state index in [9.17, 15) is 4.57 Å². The molecule has 6 heteroatoms. The lowest BCUT2D eigenvalue weighted by Crippen LogP contribution is -2.05. The summed E-state index contributed by atoms with van der Waals surface area (Å²) in [5.74, 6) is 0. The van der Waals surface area contributed by atoms with Gasteiger partial charge in [0.25, 0.3) is 0 Å². The summed E-state index contributed by atoms with van der Waals surface area (Å²) in [6, 6.07) is 24.7. The lowest BCUT2D eigenvalue weighted by atomic mass is 10.2. The second kappa shape index (κ2) is 8.94. The van der Waals surface area contributed by atoms with Gasteiger partial charge in [-0.2, -0.15) is 0 Å². The molecule has 0 atom stereocenters. The summed E-state index contributed by atoms with van der Waals surface area (Å²) in [5.41, 5.74) is 2.32. The van der Waals surface area contributed by atoms with Gasteiger partial charge in [0.2, 0.25) is 0 Å². The second-order valence-corrected chi connectivity index (χ2v) is 9.75. The summed E-state index contributed by atoms with van der Waals surface area (Å²) >= 11 is 2.13. The molecule has 0 saturated heterocycles. The monoisotopic (exact) mass is 402 g/mol. The number of rotatable bonds is 7. The molecule has 0 bridgehead atoms. The molecule has 0 unspecified atom stereocenters. The molecule has 0 radical (unpaired) electrons. The van der Waals surface area contributed by atoms with Gasteiger partial charge < -0.3 is 0 Å². The van der Waals surface area contributed by atoms with Gasteiger partial charge in [0.15, 0.2) is 0 Å². The van der Waals surface area contributed by atoms with Crippen molar-refractivity contribution in [1.29, 1.82) is 0 Å². The average molecular weight is 402 g/mol. The summed E-state index contributed by atoms with van der Waals surface area (Å²) in [7, 11) is -3.50. The molecule has 0 fully saturated rings. The molecule has 134 valence electrons. The van der Waals surface area contributed by atoms with Crippen molar-refractivity contribution in [2.75, 3.05) is 0 Å². The van der Waals surface area contributed by atoms with Gasteiger partial charge in [0.05, 0.1) is 5.30 Å². The minimum Gasteiger partial charge on any atom is -0.252 e. The Balaban J connectivity index is 1.76. The largest absolute Gasteiger partial charge is 0.384 e. The number of aryl methyl sites for hydroxylation is 2. The van der Waals surface area contributed by atoms with Gasteiger partial charge in [-0.05, 0) is 50.2 Å². The minimum atomic E-state index is -3.50. The highest BCUT2D eigenvalue weighted by molar-refractivity contribution is 8.02. The van der Waals surface area contributed by atoms with Crippen LogP contribution in [0, 0.1) is 13.8 Å². The molecule has 0 saturated carbocycles. The van der Waals surface area contributed by atoms with Crippen molar-refractivity contribution in [1.82, 2.24) is 0 Å². The first-order chi connectivity index (χ1) is 12.5. The van der Waals surface area contributed by atoms with Gasteiger partial charge in [0.1, 0.15) is 0 Å². The maximum atomic E-state index is 13.4. The topological polar surface area (TPSA) is 35.5 Å². The van der Waals surface area contributed by atoms with Gasteiger partial charge in [-0.3, -0.25) is 4.57 Å². The van der Waals surface area contributed by atoms with Crippen molar-refractivity contribution in [2.45, 2.75) is 23.6 Å². The Kier molecular flexibility index (Phi) is 6.63. The molecule has 26 heavy (non-hydrogen) atoms. The Morgan fingerprint density at radius 3 is 1.50 bits per heavy atom. The maximum absolute atomic E-state index is 13.4. The first-order valence-corrected chi connectivity index (χ1v) is 11.1. The predicted molar refractivity (Wildman–Crippen MR) is 110 cm³/mol. The van der Waals surface area contributed by atoms with Crippen LogP contribution in [-0.4, -0.2) is 0 Å². The Hall–Kier alpha value is -1.49. The molecule has 0 aliphatic rings. The van der Waals surface area contributed by atoms with E-state index in [1.54, 1.807) is 12.1 Å². The Morgan fingerprint density at radius 1 is 0.654 bits per heavy atom. The van der Waals surface area contributed by atoms with Crippen LogP contribution in [0.15, 0.2) is 88.7 Å². The Morgan fingerprint density at radius 2 is 1.08 bits per heavy atom. The summed E-state index contributed by atoms with van der Waals surface area (Å²) in [5, 5.41) is 0.527. The van der Waals surface area contributed by atoms with Crippen LogP contribution in [0.3, 0.4) is 0 Å². The van der Waals surface area contributed by atoms with Crippen molar-refractivity contribution >= 4 is 37.0 Å². The van der Waals surface area contributed by atoms with Crippen LogP contribution in [0.2, 0.25) is 0 Å². The van der Waals surface area contributed by atoms with E-state index in [1.807, 2.05) is 80.6 Å². The van der Waals surface area contributed by atoms with E-state index in [-0.39, 0.29) is 0 Å². The zero-order chi connectivity index (χ0) is 18.4.